The second kappa shape index (κ2) is 7.85. The highest BCUT2D eigenvalue weighted by molar-refractivity contribution is 6.31. The predicted octanol–water partition coefficient (Wildman–Crippen LogP) is 2.91. The van der Waals surface area contributed by atoms with Gasteiger partial charge < -0.3 is 10.6 Å². The number of benzene rings is 2. The van der Waals surface area contributed by atoms with E-state index >= 15 is 0 Å². The summed E-state index contributed by atoms with van der Waals surface area (Å²) in [6.45, 7) is 0. The summed E-state index contributed by atoms with van der Waals surface area (Å²) >= 11 is 5.46. The van der Waals surface area contributed by atoms with Gasteiger partial charge in [-0.1, -0.05) is 60.1 Å². The standard InChI is InChI=1S/C6H5ClO.C6H6.H2O/c7-5-3-1-2-4-6(5)8;1-2-4-6-5-3-1;/h1-4,8H;1-6H;1H2. The first-order chi connectivity index (χ1) is 6.80. The molecule has 15 heavy (non-hydrogen) atoms. The van der Waals surface area contributed by atoms with Crippen LogP contribution >= 0.6 is 11.6 Å². The first-order valence-corrected chi connectivity index (χ1v) is 4.62. The molecule has 2 aromatic carbocycles. The molecule has 3 heteroatoms. The summed E-state index contributed by atoms with van der Waals surface area (Å²) in [5, 5.41) is 9.18. The number of hydrogen-bond donors (Lipinski definition) is 1. The average Bonchev–Trinajstić information content (AvgIpc) is 2.26. The van der Waals surface area contributed by atoms with Gasteiger partial charge in [0.15, 0.2) is 0 Å². The molecular formula is C12H13ClO2. The highest BCUT2D eigenvalue weighted by Gasteiger charge is 1.89. The molecule has 0 spiro atoms. The molecule has 80 valence electrons. The van der Waals surface area contributed by atoms with E-state index in [-0.39, 0.29) is 11.2 Å². The second-order valence-electron chi connectivity index (χ2n) is 2.61. The lowest BCUT2D eigenvalue weighted by molar-refractivity contribution is 0.475. The monoisotopic (exact) mass is 224 g/mol. The maximum absolute atomic E-state index is 8.79. The summed E-state index contributed by atoms with van der Waals surface area (Å²) in [5.74, 6) is 0.133. The minimum atomic E-state index is 0. The Kier molecular flexibility index (Phi) is 7.06. The number of para-hydroxylation sites is 1. The zero-order chi connectivity index (χ0) is 10.2. The Balaban J connectivity index is 0.000000253. The summed E-state index contributed by atoms with van der Waals surface area (Å²) in [7, 11) is 0. The topological polar surface area (TPSA) is 51.7 Å². The Hall–Kier alpha value is -1.51. The van der Waals surface area contributed by atoms with Crippen molar-refractivity contribution in [3.05, 3.63) is 65.7 Å². The van der Waals surface area contributed by atoms with Crippen molar-refractivity contribution < 1.29 is 10.6 Å². The molecule has 0 amide bonds. The van der Waals surface area contributed by atoms with Gasteiger partial charge in [0, 0.05) is 0 Å². The fourth-order valence-electron chi connectivity index (χ4n) is 0.837. The zero-order valence-electron chi connectivity index (χ0n) is 8.10. The van der Waals surface area contributed by atoms with Crippen LogP contribution < -0.4 is 0 Å². The van der Waals surface area contributed by atoms with E-state index in [1.165, 1.54) is 0 Å². The molecule has 0 saturated heterocycles. The van der Waals surface area contributed by atoms with Crippen LogP contribution in [0.3, 0.4) is 0 Å². The Morgan fingerprint density at radius 3 is 1.40 bits per heavy atom. The zero-order valence-corrected chi connectivity index (χ0v) is 8.85. The van der Waals surface area contributed by atoms with E-state index in [2.05, 4.69) is 0 Å². The molecule has 3 N–H and O–H groups in total. The van der Waals surface area contributed by atoms with Crippen LogP contribution in [0.4, 0.5) is 0 Å². The van der Waals surface area contributed by atoms with E-state index in [1.54, 1.807) is 24.3 Å². The van der Waals surface area contributed by atoms with Crippen molar-refractivity contribution in [3.8, 4) is 5.75 Å². The van der Waals surface area contributed by atoms with Crippen LogP contribution in [-0.4, -0.2) is 10.6 Å². The van der Waals surface area contributed by atoms with Gasteiger partial charge in [-0.05, 0) is 12.1 Å². The Labute approximate surface area is 94.1 Å². The molecule has 0 aliphatic carbocycles. The number of halogens is 1. The van der Waals surface area contributed by atoms with E-state index in [1.807, 2.05) is 36.4 Å². The summed E-state index contributed by atoms with van der Waals surface area (Å²) in [4.78, 5) is 0. The molecular weight excluding hydrogens is 212 g/mol. The molecule has 0 bridgehead atoms. The molecule has 0 fully saturated rings. The van der Waals surface area contributed by atoms with Crippen LogP contribution in [0.1, 0.15) is 0 Å². The molecule has 0 heterocycles. The summed E-state index contributed by atoms with van der Waals surface area (Å²) < 4.78 is 0. The number of hydrogen-bond acceptors (Lipinski definition) is 1. The van der Waals surface area contributed by atoms with Crippen LogP contribution in [0.25, 0.3) is 0 Å². The Morgan fingerprint density at radius 1 is 0.733 bits per heavy atom. The van der Waals surface area contributed by atoms with Gasteiger partial charge in [-0.3, -0.25) is 0 Å². The van der Waals surface area contributed by atoms with E-state index in [0.717, 1.165) is 0 Å². The SMILES string of the molecule is O.Oc1ccccc1Cl.c1ccccc1. The minimum absolute atomic E-state index is 0. The fraction of sp³-hybridized carbons (Fsp3) is 0. The smallest absolute Gasteiger partial charge is 0.134 e. The highest BCUT2D eigenvalue weighted by atomic mass is 35.5. The van der Waals surface area contributed by atoms with Crippen molar-refractivity contribution in [2.45, 2.75) is 0 Å². The normalized spacial score (nSPS) is 8.07. The van der Waals surface area contributed by atoms with E-state index in [9.17, 15) is 0 Å². The van der Waals surface area contributed by atoms with Crippen molar-refractivity contribution in [2.24, 2.45) is 0 Å². The molecule has 2 nitrogen and oxygen atoms in total. The van der Waals surface area contributed by atoms with Gasteiger partial charge in [0.05, 0.1) is 5.02 Å². The number of aromatic hydroxyl groups is 1. The van der Waals surface area contributed by atoms with Gasteiger partial charge in [0.2, 0.25) is 0 Å². The van der Waals surface area contributed by atoms with E-state index < -0.39 is 0 Å². The maximum Gasteiger partial charge on any atom is 0.134 e. The average molecular weight is 225 g/mol. The molecule has 0 saturated carbocycles. The molecule has 2 aromatic rings. The van der Waals surface area contributed by atoms with E-state index in [4.69, 9.17) is 16.7 Å². The molecule has 0 atom stereocenters. The lowest BCUT2D eigenvalue weighted by Gasteiger charge is -1.89. The first kappa shape index (κ1) is 13.5. The third-order valence-corrected chi connectivity index (χ3v) is 1.84. The van der Waals surface area contributed by atoms with Crippen LogP contribution in [0.15, 0.2) is 60.7 Å². The minimum Gasteiger partial charge on any atom is -0.506 e. The van der Waals surface area contributed by atoms with Gasteiger partial charge in [0.1, 0.15) is 5.75 Å². The maximum atomic E-state index is 8.79. The van der Waals surface area contributed by atoms with Gasteiger partial charge >= 0.3 is 0 Å². The predicted molar refractivity (Wildman–Crippen MR) is 63.2 cm³/mol. The van der Waals surface area contributed by atoms with Crippen LogP contribution in [0.2, 0.25) is 5.02 Å². The van der Waals surface area contributed by atoms with Gasteiger partial charge in [-0.25, -0.2) is 0 Å². The quantitative estimate of drug-likeness (QED) is 0.735. The summed E-state index contributed by atoms with van der Waals surface area (Å²) in [6.07, 6.45) is 0. The van der Waals surface area contributed by atoms with Gasteiger partial charge in [-0.15, -0.1) is 0 Å². The van der Waals surface area contributed by atoms with Crippen molar-refractivity contribution in [2.75, 3.05) is 0 Å². The molecule has 2 rings (SSSR count). The number of rotatable bonds is 0. The van der Waals surface area contributed by atoms with Crippen LogP contribution in [0, 0.1) is 0 Å². The second-order valence-corrected chi connectivity index (χ2v) is 3.01. The Bertz CT molecular complexity index is 315. The van der Waals surface area contributed by atoms with Crippen LogP contribution in [-0.2, 0) is 0 Å². The lowest BCUT2D eigenvalue weighted by Crippen LogP contribution is -1.62. The van der Waals surface area contributed by atoms with Crippen molar-refractivity contribution >= 4 is 11.6 Å². The first-order valence-electron chi connectivity index (χ1n) is 4.24. The number of phenols is 1. The van der Waals surface area contributed by atoms with E-state index in [0.29, 0.717) is 5.02 Å². The molecule has 0 unspecified atom stereocenters. The largest absolute Gasteiger partial charge is 0.506 e. The third kappa shape index (κ3) is 5.73. The van der Waals surface area contributed by atoms with Crippen molar-refractivity contribution in [1.29, 1.82) is 0 Å². The molecule has 0 radical (unpaired) electrons. The van der Waals surface area contributed by atoms with Crippen molar-refractivity contribution in [3.63, 3.8) is 0 Å². The Morgan fingerprint density at radius 2 is 1.13 bits per heavy atom. The van der Waals surface area contributed by atoms with Crippen LogP contribution in [0.5, 0.6) is 5.75 Å². The van der Waals surface area contributed by atoms with Crippen molar-refractivity contribution in [1.82, 2.24) is 0 Å². The molecule has 0 aliphatic rings. The lowest BCUT2D eigenvalue weighted by atomic mass is 10.3. The fourth-order valence-corrected chi connectivity index (χ4v) is 0.972. The van der Waals surface area contributed by atoms with Gasteiger partial charge in [0.25, 0.3) is 0 Å². The molecule has 0 aromatic heterocycles. The summed E-state index contributed by atoms with van der Waals surface area (Å²) in [6, 6.07) is 18.7. The number of phenolic OH excluding ortho intramolecular Hbond substituents is 1. The highest BCUT2D eigenvalue weighted by Crippen LogP contribution is 2.20. The van der Waals surface area contributed by atoms with Gasteiger partial charge in [-0.2, -0.15) is 0 Å². The third-order valence-electron chi connectivity index (χ3n) is 1.52. The molecule has 0 aliphatic heterocycles. The summed E-state index contributed by atoms with van der Waals surface area (Å²) in [5.41, 5.74) is 0.